The Kier molecular flexibility index (Phi) is 6.55. The molecular formula is C31H21Br2N3O2. The number of carbonyl (C=O) groups excluding carboxylic acids is 1. The van der Waals surface area contributed by atoms with E-state index >= 15 is 0 Å². The number of fused-ring (bicyclic) bond motifs is 1. The molecule has 0 saturated heterocycles. The molecule has 38 heavy (non-hydrogen) atoms. The summed E-state index contributed by atoms with van der Waals surface area (Å²) in [7, 11) is 0. The first-order valence-electron chi connectivity index (χ1n) is 12.1. The first-order chi connectivity index (χ1) is 18.5. The second kappa shape index (κ2) is 10.2. The van der Waals surface area contributed by atoms with Crippen molar-refractivity contribution >= 4 is 54.4 Å². The first kappa shape index (κ1) is 24.5. The molecule has 4 aromatic carbocycles. The predicted octanol–water partition coefficient (Wildman–Crippen LogP) is 7.71. The molecule has 1 amide bonds. The summed E-state index contributed by atoms with van der Waals surface area (Å²) in [5.74, 6) is -0.213. The minimum absolute atomic E-state index is 0.213. The Labute approximate surface area is 236 Å². The number of benzene rings is 4. The number of amides is 1. The van der Waals surface area contributed by atoms with E-state index in [1.807, 2.05) is 91.0 Å². The first-order valence-corrected chi connectivity index (χ1v) is 13.7. The molecule has 6 rings (SSSR count). The predicted molar refractivity (Wildman–Crippen MR) is 158 cm³/mol. The van der Waals surface area contributed by atoms with Gasteiger partial charge in [-0.05, 0) is 53.6 Å². The largest absolute Gasteiger partial charge is 0.321 e. The van der Waals surface area contributed by atoms with Crippen molar-refractivity contribution in [2.24, 2.45) is 5.10 Å². The summed E-state index contributed by atoms with van der Waals surface area (Å²) in [5.41, 5.74) is 4.75. The van der Waals surface area contributed by atoms with Crippen molar-refractivity contribution in [2.45, 2.75) is 12.5 Å². The topological polar surface area (TPSA) is 65.5 Å². The number of carbonyl (C=O) groups is 1. The Hall–Kier alpha value is -3.81. The molecule has 7 heteroatoms. The van der Waals surface area contributed by atoms with Crippen molar-refractivity contribution in [1.82, 2.24) is 9.99 Å². The lowest BCUT2D eigenvalue weighted by Crippen LogP contribution is -2.27. The molecule has 0 spiro atoms. The summed E-state index contributed by atoms with van der Waals surface area (Å²) >= 11 is 7.09. The molecule has 2 heterocycles. The van der Waals surface area contributed by atoms with Crippen LogP contribution < -0.4 is 5.56 Å². The van der Waals surface area contributed by atoms with Gasteiger partial charge in [0.15, 0.2) is 0 Å². The Morgan fingerprint density at radius 3 is 2.18 bits per heavy atom. The van der Waals surface area contributed by atoms with E-state index in [2.05, 4.69) is 36.8 Å². The lowest BCUT2D eigenvalue weighted by atomic mass is 9.91. The number of halogens is 2. The molecule has 0 aliphatic carbocycles. The zero-order chi connectivity index (χ0) is 26.2. The van der Waals surface area contributed by atoms with Crippen LogP contribution in [0.25, 0.3) is 22.0 Å². The van der Waals surface area contributed by atoms with Crippen LogP contribution in [0.1, 0.15) is 33.9 Å². The van der Waals surface area contributed by atoms with Gasteiger partial charge in [-0.1, -0.05) is 92.5 Å². The van der Waals surface area contributed by atoms with Crippen LogP contribution in [0, 0.1) is 0 Å². The van der Waals surface area contributed by atoms with Gasteiger partial charge in [0.1, 0.15) is 0 Å². The van der Waals surface area contributed by atoms with Gasteiger partial charge in [-0.2, -0.15) is 5.10 Å². The zero-order valence-corrected chi connectivity index (χ0v) is 23.2. The van der Waals surface area contributed by atoms with Crippen molar-refractivity contribution < 1.29 is 4.79 Å². The number of hydrogen-bond donors (Lipinski definition) is 1. The van der Waals surface area contributed by atoms with Crippen molar-refractivity contribution in [2.75, 3.05) is 0 Å². The minimum Gasteiger partial charge on any atom is -0.321 e. The number of pyridine rings is 1. The minimum atomic E-state index is -0.355. The molecule has 0 fully saturated rings. The van der Waals surface area contributed by atoms with E-state index in [9.17, 15) is 9.59 Å². The van der Waals surface area contributed by atoms with Gasteiger partial charge in [0.25, 0.3) is 11.5 Å². The fourth-order valence-corrected chi connectivity index (χ4v) is 5.58. The molecule has 0 saturated carbocycles. The average Bonchev–Trinajstić information content (AvgIpc) is 3.38. The summed E-state index contributed by atoms with van der Waals surface area (Å²) in [4.78, 5) is 30.4. The van der Waals surface area contributed by atoms with E-state index in [4.69, 9.17) is 5.10 Å². The van der Waals surface area contributed by atoms with Crippen LogP contribution in [-0.2, 0) is 0 Å². The fourth-order valence-electron chi connectivity index (χ4n) is 4.95. The molecule has 1 N–H and O–H groups in total. The van der Waals surface area contributed by atoms with Gasteiger partial charge in [0, 0.05) is 37.4 Å². The zero-order valence-electron chi connectivity index (χ0n) is 20.1. The van der Waals surface area contributed by atoms with E-state index in [-0.39, 0.29) is 17.5 Å². The van der Waals surface area contributed by atoms with Crippen LogP contribution in [0.15, 0.2) is 122 Å². The summed E-state index contributed by atoms with van der Waals surface area (Å²) in [6.45, 7) is 0. The second-order valence-corrected chi connectivity index (χ2v) is 10.9. The van der Waals surface area contributed by atoms with Gasteiger partial charge in [-0.25, -0.2) is 5.01 Å². The van der Waals surface area contributed by atoms with Crippen LogP contribution >= 0.6 is 31.9 Å². The van der Waals surface area contributed by atoms with E-state index in [0.717, 1.165) is 36.5 Å². The molecule has 1 aromatic heterocycles. The SMILES string of the molecule is O=C(c1ccccc1)N1N=C(c2c(-c3ccccc3)c3cc(Br)ccc3[nH]c2=O)C[C@@H]1c1ccc(Br)cc1. The van der Waals surface area contributed by atoms with Gasteiger partial charge in [-0.3, -0.25) is 9.59 Å². The number of aromatic nitrogens is 1. The molecule has 0 radical (unpaired) electrons. The maximum absolute atomic E-state index is 13.7. The van der Waals surface area contributed by atoms with Crippen LogP contribution in [0.2, 0.25) is 0 Å². The standard InChI is InChI=1S/C31H21Br2N3O2/c32-22-13-11-19(12-14-22)27-18-26(35-36(27)31(38)21-9-5-2-6-10-21)29-28(20-7-3-1-4-8-20)24-17-23(33)15-16-25(24)34-30(29)37/h1-17,27H,18H2,(H,34,37)/t27-/m1/s1. The summed E-state index contributed by atoms with van der Waals surface area (Å²) in [6.07, 6.45) is 0.405. The highest BCUT2D eigenvalue weighted by molar-refractivity contribution is 9.10. The highest BCUT2D eigenvalue weighted by atomic mass is 79.9. The number of nitrogens with one attached hydrogen (secondary N) is 1. The summed E-state index contributed by atoms with van der Waals surface area (Å²) < 4.78 is 1.85. The third-order valence-corrected chi connectivity index (χ3v) is 7.74. The molecule has 0 bridgehead atoms. The smallest absolute Gasteiger partial charge is 0.274 e. The van der Waals surface area contributed by atoms with Crippen molar-refractivity contribution in [3.63, 3.8) is 0 Å². The summed E-state index contributed by atoms with van der Waals surface area (Å²) in [6, 6.07) is 32.3. The van der Waals surface area contributed by atoms with Gasteiger partial charge >= 0.3 is 0 Å². The number of H-pyrrole nitrogens is 1. The third kappa shape index (κ3) is 4.52. The van der Waals surface area contributed by atoms with E-state index < -0.39 is 0 Å². The normalized spacial score (nSPS) is 15.1. The average molecular weight is 627 g/mol. The van der Waals surface area contributed by atoms with Gasteiger partial charge in [0.05, 0.1) is 17.3 Å². The number of nitrogens with zero attached hydrogens (tertiary/aromatic N) is 2. The number of hydrogen-bond acceptors (Lipinski definition) is 3. The highest BCUT2D eigenvalue weighted by Gasteiger charge is 2.35. The quantitative estimate of drug-likeness (QED) is 0.222. The van der Waals surface area contributed by atoms with Crippen molar-refractivity contribution in [3.05, 3.63) is 139 Å². The van der Waals surface area contributed by atoms with Crippen molar-refractivity contribution in [1.29, 1.82) is 0 Å². The maximum atomic E-state index is 13.7. The summed E-state index contributed by atoms with van der Waals surface area (Å²) in [5, 5.41) is 7.27. The molecule has 1 aliphatic heterocycles. The van der Waals surface area contributed by atoms with Crippen LogP contribution in [-0.4, -0.2) is 21.6 Å². The van der Waals surface area contributed by atoms with Crippen LogP contribution in [0.3, 0.4) is 0 Å². The molecule has 1 aliphatic rings. The Balaban J connectivity index is 1.57. The Morgan fingerprint density at radius 2 is 1.47 bits per heavy atom. The monoisotopic (exact) mass is 625 g/mol. The highest BCUT2D eigenvalue weighted by Crippen LogP contribution is 2.38. The van der Waals surface area contributed by atoms with Gasteiger partial charge in [-0.15, -0.1) is 0 Å². The third-order valence-electron chi connectivity index (χ3n) is 6.72. The lowest BCUT2D eigenvalue weighted by Gasteiger charge is -2.22. The fraction of sp³-hybridized carbons (Fsp3) is 0.0645. The molecule has 5 aromatic rings. The molecular weight excluding hydrogens is 606 g/mol. The Bertz CT molecular complexity index is 1750. The molecule has 186 valence electrons. The van der Waals surface area contributed by atoms with Gasteiger partial charge in [0.2, 0.25) is 0 Å². The Morgan fingerprint density at radius 1 is 0.816 bits per heavy atom. The lowest BCUT2D eigenvalue weighted by molar-refractivity contribution is 0.0711. The van der Waals surface area contributed by atoms with E-state index in [0.29, 0.717) is 23.3 Å². The van der Waals surface area contributed by atoms with Gasteiger partial charge < -0.3 is 4.98 Å². The number of hydrazone groups is 1. The van der Waals surface area contributed by atoms with Crippen molar-refractivity contribution in [3.8, 4) is 11.1 Å². The van der Waals surface area contributed by atoms with Crippen LogP contribution in [0.5, 0.6) is 0 Å². The molecule has 5 nitrogen and oxygen atoms in total. The number of rotatable bonds is 4. The van der Waals surface area contributed by atoms with E-state index in [1.54, 1.807) is 12.1 Å². The molecule has 0 unspecified atom stereocenters. The second-order valence-electron chi connectivity index (χ2n) is 9.09. The maximum Gasteiger partial charge on any atom is 0.274 e. The number of aromatic amines is 1. The van der Waals surface area contributed by atoms with E-state index in [1.165, 1.54) is 5.01 Å². The molecule has 1 atom stereocenters. The van der Waals surface area contributed by atoms with Crippen LogP contribution in [0.4, 0.5) is 0 Å².